The lowest BCUT2D eigenvalue weighted by atomic mass is 10.3. The molecule has 15 heavy (non-hydrogen) atoms. The van der Waals surface area contributed by atoms with Gasteiger partial charge in [0.25, 0.3) is 0 Å². The predicted molar refractivity (Wildman–Crippen MR) is 53.3 cm³/mol. The molecule has 1 rings (SSSR count). The quantitative estimate of drug-likeness (QED) is 0.675. The fourth-order valence-electron chi connectivity index (χ4n) is 1.15. The van der Waals surface area contributed by atoms with Crippen LogP contribution in [-0.4, -0.2) is 52.4 Å². The summed E-state index contributed by atoms with van der Waals surface area (Å²) >= 11 is 0. The number of hydrogen-bond acceptors (Lipinski definition) is 5. The number of ether oxygens (including phenoxy) is 2. The lowest BCUT2D eigenvalue weighted by molar-refractivity contribution is -0.0364. The Hall–Kier alpha value is -0.980. The average molecular weight is 215 g/mol. The van der Waals surface area contributed by atoms with Crippen LogP contribution >= 0.6 is 0 Å². The molecule has 0 fully saturated rings. The molecule has 6 nitrogen and oxygen atoms in total. The van der Waals surface area contributed by atoms with Gasteiger partial charge in [0.1, 0.15) is 12.7 Å². The highest BCUT2D eigenvalue weighted by Crippen LogP contribution is 1.96. The van der Waals surface area contributed by atoms with Gasteiger partial charge in [0.15, 0.2) is 0 Å². The molecule has 0 spiro atoms. The number of rotatable bonds is 7. The summed E-state index contributed by atoms with van der Waals surface area (Å²) in [6, 6.07) is 0. The first-order valence-electron chi connectivity index (χ1n) is 4.83. The summed E-state index contributed by atoms with van der Waals surface area (Å²) < 4.78 is 11.8. The molecule has 0 amide bonds. The Balaban J connectivity index is 2.16. The van der Waals surface area contributed by atoms with Crippen LogP contribution in [0.1, 0.15) is 6.92 Å². The lowest BCUT2D eigenvalue weighted by Gasteiger charge is -2.15. The molecule has 1 aromatic heterocycles. The minimum atomic E-state index is -0.578. The maximum Gasteiger partial charge on any atom is 0.137 e. The molecular formula is C9H17N3O3. The summed E-state index contributed by atoms with van der Waals surface area (Å²) in [7, 11) is 1.62. The summed E-state index contributed by atoms with van der Waals surface area (Å²) in [6.07, 6.45) is 2.40. The van der Waals surface area contributed by atoms with Crippen LogP contribution in [0.15, 0.2) is 12.7 Å². The fraction of sp³-hybridized carbons (Fsp3) is 0.778. The SMILES string of the molecule is COCC(C)OCC(O)Cn1cncn1. The first-order chi connectivity index (χ1) is 7.22. The molecule has 0 bridgehead atoms. The van der Waals surface area contributed by atoms with Gasteiger partial charge in [-0.2, -0.15) is 5.10 Å². The summed E-state index contributed by atoms with van der Waals surface area (Å²) in [4.78, 5) is 3.78. The van der Waals surface area contributed by atoms with Gasteiger partial charge in [-0.1, -0.05) is 0 Å². The van der Waals surface area contributed by atoms with Crippen molar-refractivity contribution in [1.29, 1.82) is 0 Å². The van der Waals surface area contributed by atoms with E-state index in [9.17, 15) is 5.11 Å². The van der Waals surface area contributed by atoms with Crippen molar-refractivity contribution < 1.29 is 14.6 Å². The van der Waals surface area contributed by atoms with Crippen molar-refractivity contribution in [2.45, 2.75) is 25.7 Å². The zero-order chi connectivity index (χ0) is 11.1. The molecule has 6 heteroatoms. The highest BCUT2D eigenvalue weighted by molar-refractivity contribution is 4.61. The maximum atomic E-state index is 9.58. The topological polar surface area (TPSA) is 69.4 Å². The molecule has 0 aromatic carbocycles. The van der Waals surface area contributed by atoms with Gasteiger partial charge < -0.3 is 14.6 Å². The van der Waals surface area contributed by atoms with Crippen LogP contribution in [0.5, 0.6) is 0 Å². The van der Waals surface area contributed by atoms with E-state index in [2.05, 4.69) is 10.1 Å². The van der Waals surface area contributed by atoms with Crippen LogP contribution in [0.3, 0.4) is 0 Å². The number of methoxy groups -OCH3 is 1. The van der Waals surface area contributed by atoms with Crippen LogP contribution in [0.25, 0.3) is 0 Å². The summed E-state index contributed by atoms with van der Waals surface area (Å²) in [5.41, 5.74) is 0. The van der Waals surface area contributed by atoms with Gasteiger partial charge >= 0.3 is 0 Å². The normalized spacial score (nSPS) is 15.1. The van der Waals surface area contributed by atoms with Gasteiger partial charge in [0, 0.05) is 7.11 Å². The van der Waals surface area contributed by atoms with Gasteiger partial charge in [-0.05, 0) is 6.92 Å². The highest BCUT2D eigenvalue weighted by Gasteiger charge is 2.08. The van der Waals surface area contributed by atoms with Gasteiger partial charge in [0.05, 0.1) is 32.0 Å². The second-order valence-electron chi connectivity index (χ2n) is 3.37. The van der Waals surface area contributed by atoms with Gasteiger partial charge in [-0.3, -0.25) is 4.68 Å². The molecule has 1 aromatic rings. The average Bonchev–Trinajstić information content (AvgIpc) is 2.68. The molecule has 0 saturated carbocycles. The summed E-state index contributed by atoms with van der Waals surface area (Å²) in [5, 5.41) is 13.5. The number of aliphatic hydroxyl groups excluding tert-OH is 1. The lowest BCUT2D eigenvalue weighted by Crippen LogP contribution is -2.26. The fourth-order valence-corrected chi connectivity index (χ4v) is 1.15. The minimum absolute atomic E-state index is 0.0135. The van der Waals surface area contributed by atoms with E-state index in [1.807, 2.05) is 6.92 Å². The Morgan fingerprint density at radius 2 is 2.27 bits per heavy atom. The van der Waals surface area contributed by atoms with E-state index in [1.165, 1.54) is 6.33 Å². The molecular weight excluding hydrogens is 198 g/mol. The van der Waals surface area contributed by atoms with E-state index in [0.717, 1.165) is 0 Å². The molecule has 2 unspecified atom stereocenters. The number of hydrogen-bond donors (Lipinski definition) is 1. The van der Waals surface area contributed by atoms with Crippen molar-refractivity contribution in [3.8, 4) is 0 Å². The van der Waals surface area contributed by atoms with E-state index in [4.69, 9.17) is 9.47 Å². The Labute approximate surface area is 88.8 Å². The predicted octanol–water partition coefficient (Wildman–Crippen LogP) is -0.310. The van der Waals surface area contributed by atoms with E-state index in [-0.39, 0.29) is 12.7 Å². The van der Waals surface area contributed by atoms with Crippen molar-refractivity contribution in [3.05, 3.63) is 12.7 Å². The first-order valence-corrected chi connectivity index (χ1v) is 4.83. The van der Waals surface area contributed by atoms with Crippen molar-refractivity contribution in [1.82, 2.24) is 14.8 Å². The van der Waals surface area contributed by atoms with Gasteiger partial charge in [0.2, 0.25) is 0 Å². The molecule has 86 valence electrons. The number of aromatic nitrogens is 3. The smallest absolute Gasteiger partial charge is 0.137 e. The van der Waals surface area contributed by atoms with Crippen LogP contribution in [0.2, 0.25) is 0 Å². The van der Waals surface area contributed by atoms with E-state index in [0.29, 0.717) is 13.2 Å². The molecule has 0 aliphatic carbocycles. The highest BCUT2D eigenvalue weighted by atomic mass is 16.5. The second kappa shape index (κ2) is 6.49. The molecule has 0 aliphatic heterocycles. The minimum Gasteiger partial charge on any atom is -0.389 e. The van der Waals surface area contributed by atoms with Crippen LogP contribution in [0, 0.1) is 0 Å². The third-order valence-corrected chi connectivity index (χ3v) is 1.84. The summed E-state index contributed by atoms with van der Waals surface area (Å²) in [5.74, 6) is 0. The van der Waals surface area contributed by atoms with Crippen molar-refractivity contribution in [3.63, 3.8) is 0 Å². The van der Waals surface area contributed by atoms with Crippen molar-refractivity contribution in [2.75, 3.05) is 20.3 Å². The van der Waals surface area contributed by atoms with E-state index >= 15 is 0 Å². The van der Waals surface area contributed by atoms with E-state index < -0.39 is 6.10 Å². The molecule has 0 radical (unpaired) electrons. The number of nitrogens with zero attached hydrogens (tertiary/aromatic N) is 3. The molecule has 2 atom stereocenters. The Morgan fingerprint density at radius 1 is 1.47 bits per heavy atom. The van der Waals surface area contributed by atoms with Gasteiger partial charge in [-0.25, -0.2) is 4.98 Å². The Kier molecular flexibility index (Phi) is 5.23. The van der Waals surface area contributed by atoms with Crippen molar-refractivity contribution in [2.24, 2.45) is 0 Å². The Bertz CT molecular complexity index is 253. The first kappa shape index (κ1) is 12.1. The van der Waals surface area contributed by atoms with Crippen molar-refractivity contribution >= 4 is 0 Å². The largest absolute Gasteiger partial charge is 0.389 e. The zero-order valence-electron chi connectivity index (χ0n) is 9.04. The van der Waals surface area contributed by atoms with Gasteiger partial charge in [-0.15, -0.1) is 0 Å². The third kappa shape index (κ3) is 4.87. The summed E-state index contributed by atoms with van der Waals surface area (Å²) in [6.45, 7) is 3.08. The standard InChI is InChI=1S/C9H17N3O3/c1-8(4-14-2)15-5-9(13)3-12-7-10-6-11-12/h6-9,13H,3-5H2,1-2H3. The van der Waals surface area contributed by atoms with E-state index in [1.54, 1.807) is 18.1 Å². The molecule has 1 heterocycles. The van der Waals surface area contributed by atoms with Crippen LogP contribution < -0.4 is 0 Å². The Morgan fingerprint density at radius 3 is 2.87 bits per heavy atom. The van der Waals surface area contributed by atoms with Crippen LogP contribution in [0.4, 0.5) is 0 Å². The zero-order valence-corrected chi connectivity index (χ0v) is 9.04. The van der Waals surface area contributed by atoms with Crippen LogP contribution in [-0.2, 0) is 16.0 Å². The monoisotopic (exact) mass is 215 g/mol. The maximum absolute atomic E-state index is 9.58. The molecule has 0 aliphatic rings. The third-order valence-electron chi connectivity index (χ3n) is 1.84. The molecule has 1 N–H and O–H groups in total. The number of aliphatic hydroxyl groups is 1. The second-order valence-corrected chi connectivity index (χ2v) is 3.37. The molecule has 0 saturated heterocycles.